The molecule has 0 radical (unpaired) electrons. The van der Waals surface area contributed by atoms with Crippen molar-refractivity contribution in [3.8, 4) is 5.75 Å². The van der Waals surface area contributed by atoms with Crippen LogP contribution in [0.25, 0.3) is 0 Å². The molecule has 5 unspecified atom stereocenters. The van der Waals surface area contributed by atoms with Gasteiger partial charge in [0.2, 0.25) is 41.7 Å². The molecule has 25 atom stereocenters. The molecule has 6 aliphatic rings. The van der Waals surface area contributed by atoms with E-state index < -0.39 is 252 Å². The van der Waals surface area contributed by atoms with Crippen LogP contribution in [0.1, 0.15) is 63.5 Å². The van der Waals surface area contributed by atoms with Crippen molar-refractivity contribution in [1.29, 1.82) is 0 Å². The number of nitrogens with one attached hydrogen (secondary N) is 7. The summed E-state index contributed by atoms with van der Waals surface area (Å²) in [6, 6.07) is 0.665. The number of nitrogens with two attached hydrogens (primary N) is 2. The topological polar surface area (TPSA) is 602 Å². The lowest BCUT2D eigenvalue weighted by molar-refractivity contribution is -0.352. The molecule has 0 bridgehead atoms. The molecule has 6 amide bonds. The van der Waals surface area contributed by atoms with Crippen molar-refractivity contribution in [2.75, 3.05) is 46.1 Å². The Balaban J connectivity index is 1.10. The third-order valence-corrected chi connectivity index (χ3v) is 18.3. The third-order valence-electron chi connectivity index (χ3n) is 18.3. The van der Waals surface area contributed by atoms with Crippen LogP contribution >= 0.6 is 0 Å². The second kappa shape index (κ2) is 35.3. The number of carbonyl (C=O) groups is 7. The fourth-order valence-electron chi connectivity index (χ4n) is 12.5. The quantitative estimate of drug-likeness (QED) is 0.0459. The summed E-state index contributed by atoms with van der Waals surface area (Å²) in [4.78, 5) is 110. The van der Waals surface area contributed by atoms with Crippen molar-refractivity contribution in [3.05, 3.63) is 65.7 Å². The number of carbonyl (C=O) groups excluding carboxylic acids is 7. The Hall–Kier alpha value is -7.61. The zero-order chi connectivity index (χ0) is 73.0. The highest BCUT2D eigenvalue weighted by Gasteiger charge is 2.54. The summed E-state index contributed by atoms with van der Waals surface area (Å²) < 4.78 is 34.3. The molecule has 4 fully saturated rings. The molecule has 38 nitrogen and oxygen atoms in total. The van der Waals surface area contributed by atoms with Gasteiger partial charge in [0.1, 0.15) is 128 Å². The second-order valence-electron chi connectivity index (χ2n) is 25.3. The number of amides is 6. The molecule has 0 saturated carbocycles. The van der Waals surface area contributed by atoms with Crippen LogP contribution in [0.4, 0.5) is 0 Å². The minimum atomic E-state index is -2.38. The van der Waals surface area contributed by atoms with E-state index in [9.17, 15) is 90.4 Å². The number of guanidine groups is 2. The molecule has 2 aromatic rings. The van der Waals surface area contributed by atoms with Gasteiger partial charge in [-0.2, -0.15) is 0 Å². The number of benzene rings is 2. The van der Waals surface area contributed by atoms with Gasteiger partial charge in [-0.1, -0.05) is 76.1 Å². The number of aliphatic hydroxyl groups excluding tert-OH is 13. The van der Waals surface area contributed by atoms with Crippen molar-refractivity contribution in [1.82, 2.24) is 42.1 Å². The zero-order valence-corrected chi connectivity index (χ0v) is 54.8. The van der Waals surface area contributed by atoms with E-state index in [-0.39, 0.29) is 23.8 Å². The van der Waals surface area contributed by atoms with E-state index in [2.05, 4.69) is 47.2 Å². The van der Waals surface area contributed by atoms with Crippen LogP contribution in [0.2, 0.25) is 0 Å². The van der Waals surface area contributed by atoms with Gasteiger partial charge >= 0.3 is 5.97 Å². The number of ether oxygens (including phenoxy) is 6. The molecule has 0 spiro atoms. The summed E-state index contributed by atoms with van der Waals surface area (Å²) in [5, 5.41) is 160. The molecule has 24 N–H and O–H groups in total. The summed E-state index contributed by atoms with van der Waals surface area (Å²) in [6.45, 7) is -0.0329. The molecule has 6 aliphatic heterocycles. The monoisotopic (exact) mass is 1420 g/mol. The highest BCUT2D eigenvalue weighted by Crippen LogP contribution is 2.33. The van der Waals surface area contributed by atoms with Crippen LogP contribution in [-0.4, -0.2) is 317 Å². The minimum absolute atomic E-state index is 0.0786. The van der Waals surface area contributed by atoms with E-state index in [0.29, 0.717) is 31.2 Å². The lowest BCUT2D eigenvalue weighted by Crippen LogP contribution is -2.70. The van der Waals surface area contributed by atoms with Gasteiger partial charge in [0.15, 0.2) is 24.4 Å². The Labute approximate surface area is 572 Å². The predicted molar refractivity (Wildman–Crippen MR) is 340 cm³/mol. The summed E-state index contributed by atoms with van der Waals surface area (Å²) in [5.74, 6) is -10.2. The minimum Gasteiger partial charge on any atom is -0.463 e. The van der Waals surface area contributed by atoms with Gasteiger partial charge < -0.3 is 148 Å². The Morgan fingerprint density at radius 2 is 1.20 bits per heavy atom. The molecule has 0 aliphatic carbocycles. The number of hydrogen-bond donors (Lipinski definition) is 22. The molecule has 38 heteroatoms. The fraction of sp³-hybridized carbons (Fsp3) is 0.661. The van der Waals surface area contributed by atoms with E-state index in [1.54, 1.807) is 37.3 Å². The Morgan fingerprint density at radius 1 is 0.610 bits per heavy atom. The highest BCUT2D eigenvalue weighted by molar-refractivity contribution is 5.98. The molecule has 556 valence electrons. The van der Waals surface area contributed by atoms with Crippen LogP contribution in [-0.2, 0) is 63.7 Å². The van der Waals surface area contributed by atoms with Gasteiger partial charge in [-0.15, -0.1) is 0 Å². The molecule has 2 aromatic carbocycles. The van der Waals surface area contributed by atoms with Crippen LogP contribution in [0, 0.1) is 5.92 Å². The van der Waals surface area contributed by atoms with Crippen molar-refractivity contribution in [3.63, 3.8) is 0 Å². The lowest BCUT2D eigenvalue weighted by Gasteiger charge is -2.46. The fourth-order valence-corrected chi connectivity index (χ4v) is 12.5. The van der Waals surface area contributed by atoms with E-state index in [1.807, 2.05) is 13.8 Å². The van der Waals surface area contributed by atoms with E-state index in [1.165, 1.54) is 24.3 Å². The first-order valence-electron chi connectivity index (χ1n) is 32.8. The van der Waals surface area contributed by atoms with Gasteiger partial charge in [0, 0.05) is 12.3 Å². The molecule has 8 rings (SSSR count). The first-order chi connectivity index (χ1) is 47.6. The number of aliphatic hydroxyl groups is 13. The standard InChI is InChI=1S/C62H92N12O26/c1-4-9-28(10-5-2)58(94)95-24-36-44(82)45(83)48(86)57(97-36)74-33(19-67-62(74)64)42(80)40-55(92)69-32(21-75)52(89)65-20-37(78)71-38(25(3)27-11-7-6-8-12-27)54(91)68-30(53(90)72-39(56(93)73-40)41(79)31-18-66-61(63)70-31)17-26-13-15-29(16-14-26)96-59-50(88)47(85)51(35(23-77)99-59)100-60-49(87)46(84)43(81)34(22-76)98-60/h6-8,11-16,25,28,30-36,38-51,57,59-60,75-77,79-88H,4-5,9-10,17-24H2,1-3H3,(H2,64,67)(H,65,89)(H,68,91)(H,69,92)(H,71,78)(H,72,90)(H,73,93)(H3,63,66,70)/t25?,30-,31?,32+,33?,34-,35-,36-,38+,39+,40-,41?,42?,43-,44-,45+,46+,47-,48+,49+,50+,51-,57+,59+,60-/m1/s1. The predicted octanol–water partition coefficient (Wildman–Crippen LogP) is -10.8. The third kappa shape index (κ3) is 18.4. The lowest BCUT2D eigenvalue weighted by atomic mass is 9.92. The maximum absolute atomic E-state index is 15.2. The SMILES string of the molecule is CCCC(CCC)C(=O)OC[C@H]1O[C@H](N2C(N)=NCC2C(O)[C@H]2NC(=O)[C@H](C(O)C3CN=C(N)N3)NC(=O)[C@@H](Cc3ccc(O[C@H]4O[C@H](CO)[C@@H](O[C@H]5O[C@H](CO)[C@@H](O)[C@H](O)[C@@H]5O)[C@H](O)[C@@H]4O)cc3)NC(=O)[C@H](C(C)c3ccccc3)NC(=O)CNC(=O)[C@H](CO)NC2=O)[C@@H](O)[C@@H](O)[C@@H]1O. The highest BCUT2D eigenvalue weighted by atomic mass is 16.7. The van der Waals surface area contributed by atoms with Crippen LogP contribution < -0.4 is 53.4 Å². The molecule has 0 aromatic heterocycles. The van der Waals surface area contributed by atoms with Crippen LogP contribution in [0.3, 0.4) is 0 Å². The van der Waals surface area contributed by atoms with Gasteiger partial charge in [0.25, 0.3) is 0 Å². The zero-order valence-electron chi connectivity index (χ0n) is 54.8. The van der Waals surface area contributed by atoms with Crippen LogP contribution in [0.15, 0.2) is 64.6 Å². The molecular formula is C62H92N12O26. The first kappa shape index (κ1) is 78.1. The van der Waals surface area contributed by atoms with Crippen molar-refractivity contribution in [2.45, 2.75) is 205 Å². The Kier molecular flexibility index (Phi) is 27.6. The summed E-state index contributed by atoms with van der Waals surface area (Å²) in [7, 11) is 0. The smallest absolute Gasteiger partial charge is 0.309 e. The first-order valence-corrected chi connectivity index (χ1v) is 32.8. The van der Waals surface area contributed by atoms with Gasteiger partial charge in [-0.05, 0) is 36.1 Å². The number of nitrogens with zero attached hydrogens (tertiary/aromatic N) is 3. The van der Waals surface area contributed by atoms with E-state index in [0.717, 1.165) is 4.90 Å². The second-order valence-corrected chi connectivity index (χ2v) is 25.3. The Morgan fingerprint density at radius 3 is 1.83 bits per heavy atom. The van der Waals surface area contributed by atoms with Crippen LogP contribution in [0.5, 0.6) is 5.75 Å². The molecule has 100 heavy (non-hydrogen) atoms. The number of esters is 1. The average molecular weight is 1420 g/mol. The molecule has 4 saturated heterocycles. The number of hydrogen-bond acceptors (Lipinski definition) is 32. The maximum Gasteiger partial charge on any atom is 0.309 e. The normalized spacial score (nSPS) is 35.2. The van der Waals surface area contributed by atoms with E-state index >= 15 is 9.59 Å². The van der Waals surface area contributed by atoms with Crippen molar-refractivity contribution < 1.29 is 128 Å². The molecular weight excluding hydrogens is 1330 g/mol. The Bertz CT molecular complexity index is 3160. The van der Waals surface area contributed by atoms with Crippen molar-refractivity contribution in [2.24, 2.45) is 27.4 Å². The number of rotatable bonds is 23. The van der Waals surface area contributed by atoms with Gasteiger partial charge in [0.05, 0.1) is 57.5 Å². The van der Waals surface area contributed by atoms with Gasteiger partial charge in [-0.25, -0.2) is 0 Å². The van der Waals surface area contributed by atoms with E-state index in [4.69, 9.17) is 39.9 Å². The summed E-state index contributed by atoms with van der Waals surface area (Å²) >= 11 is 0. The molecule has 6 heterocycles. The largest absolute Gasteiger partial charge is 0.463 e. The number of aliphatic imine (C=N–C) groups is 2. The summed E-state index contributed by atoms with van der Waals surface area (Å²) in [5.41, 5.74) is 13.0. The maximum atomic E-state index is 15.2. The average Bonchev–Trinajstić information content (AvgIpc) is 1.16. The van der Waals surface area contributed by atoms with Crippen molar-refractivity contribution >= 4 is 53.3 Å². The summed E-state index contributed by atoms with van der Waals surface area (Å²) in [6.07, 6.45) is -29.8. The van der Waals surface area contributed by atoms with Gasteiger partial charge in [-0.3, -0.25) is 43.5 Å².